The van der Waals surface area contributed by atoms with Crippen molar-refractivity contribution in [1.82, 2.24) is 35.0 Å². The SMILES string of the molecule is CN(C)C1CCN(C(=O)C2=CCC(c3cc(NC4CC4)n4ncc(/C=C5\NC(=O)NC5=O)c4n3)S2)C1. The van der Waals surface area contributed by atoms with Crippen molar-refractivity contribution in [1.29, 1.82) is 0 Å². The second kappa shape index (κ2) is 8.93. The number of anilines is 1. The number of likely N-dealkylation sites (N-methyl/N-ethyl adjacent to an activating group) is 1. The molecule has 0 spiro atoms. The van der Waals surface area contributed by atoms with E-state index in [0.29, 0.717) is 29.7 Å². The van der Waals surface area contributed by atoms with E-state index in [1.165, 1.54) is 0 Å². The molecule has 4 aliphatic rings. The number of likely N-dealkylation sites (tertiary alicyclic amines) is 1. The van der Waals surface area contributed by atoms with Gasteiger partial charge in [0, 0.05) is 36.8 Å². The number of rotatable bonds is 6. The van der Waals surface area contributed by atoms with Crippen LogP contribution >= 0.6 is 11.8 Å². The summed E-state index contributed by atoms with van der Waals surface area (Å²) in [6.07, 6.45) is 9.16. The minimum atomic E-state index is -0.548. The van der Waals surface area contributed by atoms with Gasteiger partial charge in [0.05, 0.1) is 22.0 Å². The number of aromatic nitrogens is 3. The molecule has 12 heteroatoms. The Hall–Kier alpha value is -3.38. The van der Waals surface area contributed by atoms with E-state index in [2.05, 4.69) is 40.0 Å². The van der Waals surface area contributed by atoms with Crippen LogP contribution in [-0.4, -0.2) is 81.5 Å². The first-order chi connectivity index (χ1) is 17.4. The largest absolute Gasteiger partial charge is 0.367 e. The number of allylic oxidation sites excluding steroid dienone is 1. The van der Waals surface area contributed by atoms with Crippen LogP contribution in [-0.2, 0) is 9.59 Å². The molecule has 5 heterocycles. The van der Waals surface area contributed by atoms with E-state index in [4.69, 9.17) is 4.98 Å². The van der Waals surface area contributed by atoms with Crippen LogP contribution in [0.25, 0.3) is 11.7 Å². The van der Waals surface area contributed by atoms with Gasteiger partial charge >= 0.3 is 6.03 Å². The first-order valence-electron chi connectivity index (χ1n) is 12.2. The van der Waals surface area contributed by atoms with Crippen molar-refractivity contribution in [3.8, 4) is 0 Å². The molecule has 0 bridgehead atoms. The van der Waals surface area contributed by atoms with Crippen molar-refractivity contribution in [3.63, 3.8) is 0 Å². The Balaban J connectivity index is 1.27. The summed E-state index contributed by atoms with van der Waals surface area (Å²) in [5.74, 6) is 0.446. The van der Waals surface area contributed by atoms with Gasteiger partial charge in [0.15, 0.2) is 5.65 Å². The predicted molar refractivity (Wildman–Crippen MR) is 136 cm³/mol. The van der Waals surface area contributed by atoms with E-state index in [0.717, 1.165) is 48.8 Å². The van der Waals surface area contributed by atoms with Gasteiger partial charge in [0.25, 0.3) is 11.8 Å². The molecule has 36 heavy (non-hydrogen) atoms. The summed E-state index contributed by atoms with van der Waals surface area (Å²) in [5, 5.41) is 12.7. The summed E-state index contributed by atoms with van der Waals surface area (Å²) < 4.78 is 1.73. The molecular weight excluding hydrogens is 480 g/mol. The van der Waals surface area contributed by atoms with Crippen LogP contribution in [0.5, 0.6) is 0 Å². The quantitative estimate of drug-likeness (QED) is 0.398. The molecule has 1 aliphatic carbocycles. The minimum Gasteiger partial charge on any atom is -0.367 e. The minimum absolute atomic E-state index is 0.00540. The van der Waals surface area contributed by atoms with E-state index >= 15 is 0 Å². The monoisotopic (exact) mass is 508 g/mol. The highest BCUT2D eigenvalue weighted by molar-refractivity contribution is 8.04. The lowest BCUT2D eigenvalue weighted by Gasteiger charge is -2.21. The molecule has 6 rings (SSSR count). The number of carbonyl (C=O) groups is 3. The lowest BCUT2D eigenvalue weighted by molar-refractivity contribution is -0.125. The van der Waals surface area contributed by atoms with Gasteiger partial charge in [0.2, 0.25) is 0 Å². The van der Waals surface area contributed by atoms with Crippen LogP contribution in [0.2, 0.25) is 0 Å². The van der Waals surface area contributed by atoms with Crippen LogP contribution in [0.1, 0.15) is 42.2 Å². The molecule has 0 radical (unpaired) electrons. The number of hydrogen-bond donors (Lipinski definition) is 3. The highest BCUT2D eigenvalue weighted by Gasteiger charge is 2.33. The number of imide groups is 1. The summed E-state index contributed by atoms with van der Waals surface area (Å²) in [6, 6.07) is 2.27. The van der Waals surface area contributed by atoms with E-state index < -0.39 is 11.9 Å². The smallest absolute Gasteiger partial charge is 0.326 e. The Morgan fingerprint density at radius 2 is 2.08 bits per heavy atom. The Morgan fingerprint density at radius 3 is 2.78 bits per heavy atom. The predicted octanol–water partition coefficient (Wildman–Crippen LogP) is 1.71. The second-order valence-electron chi connectivity index (χ2n) is 9.85. The number of fused-ring (bicyclic) bond motifs is 1. The zero-order valence-corrected chi connectivity index (χ0v) is 21.0. The zero-order chi connectivity index (χ0) is 25.0. The number of nitrogens with one attached hydrogen (secondary N) is 3. The van der Waals surface area contributed by atoms with E-state index in [9.17, 15) is 14.4 Å². The van der Waals surface area contributed by atoms with Gasteiger partial charge < -0.3 is 20.4 Å². The maximum absolute atomic E-state index is 13.2. The van der Waals surface area contributed by atoms with Gasteiger partial charge in [0.1, 0.15) is 11.5 Å². The number of nitrogens with zero attached hydrogens (tertiary/aromatic N) is 5. The molecule has 2 aromatic heterocycles. The summed E-state index contributed by atoms with van der Waals surface area (Å²) >= 11 is 1.56. The maximum atomic E-state index is 13.2. The second-order valence-corrected chi connectivity index (χ2v) is 11.1. The fourth-order valence-electron chi connectivity index (χ4n) is 4.73. The van der Waals surface area contributed by atoms with Gasteiger partial charge in [-0.1, -0.05) is 6.08 Å². The summed E-state index contributed by atoms with van der Waals surface area (Å²) in [4.78, 5) is 46.6. The summed E-state index contributed by atoms with van der Waals surface area (Å²) in [6.45, 7) is 1.54. The van der Waals surface area contributed by atoms with Gasteiger partial charge in [-0.25, -0.2) is 9.78 Å². The number of urea groups is 1. The lowest BCUT2D eigenvalue weighted by atomic mass is 10.2. The van der Waals surface area contributed by atoms with Gasteiger partial charge in [-0.3, -0.25) is 14.9 Å². The Bertz CT molecular complexity index is 1330. The van der Waals surface area contributed by atoms with Gasteiger partial charge in [-0.05, 0) is 45.9 Å². The van der Waals surface area contributed by atoms with Crippen molar-refractivity contribution >= 4 is 47.1 Å². The molecule has 3 N–H and O–H groups in total. The van der Waals surface area contributed by atoms with Crippen LogP contribution in [0, 0.1) is 0 Å². The Kier molecular flexibility index (Phi) is 5.72. The highest BCUT2D eigenvalue weighted by Crippen LogP contribution is 2.45. The van der Waals surface area contributed by atoms with E-state index in [-0.39, 0.29) is 16.9 Å². The molecular formula is C24H28N8O3S. The van der Waals surface area contributed by atoms with Crippen LogP contribution in [0.15, 0.2) is 28.9 Å². The molecule has 2 saturated heterocycles. The highest BCUT2D eigenvalue weighted by atomic mass is 32.2. The van der Waals surface area contributed by atoms with Crippen molar-refractivity contribution < 1.29 is 14.4 Å². The van der Waals surface area contributed by atoms with Crippen molar-refractivity contribution in [2.75, 3.05) is 32.5 Å². The summed E-state index contributed by atoms with van der Waals surface area (Å²) in [7, 11) is 4.11. The first kappa shape index (κ1) is 23.0. The third kappa shape index (κ3) is 4.35. The number of carbonyl (C=O) groups excluding carboxylic acids is 3. The van der Waals surface area contributed by atoms with Crippen LogP contribution in [0.4, 0.5) is 10.6 Å². The number of thioether (sulfide) groups is 1. The topological polar surface area (TPSA) is 124 Å². The number of hydrogen-bond acceptors (Lipinski definition) is 8. The first-order valence-corrected chi connectivity index (χ1v) is 13.1. The fourth-order valence-corrected chi connectivity index (χ4v) is 5.89. The maximum Gasteiger partial charge on any atom is 0.326 e. The van der Waals surface area contributed by atoms with Gasteiger partial charge in [-0.2, -0.15) is 9.61 Å². The third-order valence-electron chi connectivity index (χ3n) is 6.98. The van der Waals surface area contributed by atoms with Crippen LogP contribution in [0.3, 0.4) is 0 Å². The average molecular weight is 509 g/mol. The van der Waals surface area contributed by atoms with Crippen molar-refractivity contribution in [2.45, 2.75) is 43.0 Å². The summed E-state index contributed by atoms with van der Waals surface area (Å²) in [5.41, 5.74) is 2.22. The number of amides is 4. The average Bonchev–Trinajstić information content (AvgIpc) is 3.25. The molecule has 2 aromatic rings. The van der Waals surface area contributed by atoms with E-state index in [1.807, 2.05) is 17.0 Å². The Labute approximate surface area is 212 Å². The Morgan fingerprint density at radius 1 is 1.25 bits per heavy atom. The molecule has 2 atom stereocenters. The molecule has 4 amide bonds. The molecule has 3 aliphatic heterocycles. The molecule has 0 aromatic carbocycles. The van der Waals surface area contributed by atoms with Gasteiger partial charge in [-0.15, -0.1) is 11.8 Å². The third-order valence-corrected chi connectivity index (χ3v) is 8.29. The van der Waals surface area contributed by atoms with Crippen LogP contribution < -0.4 is 16.0 Å². The molecule has 11 nitrogen and oxygen atoms in total. The van der Waals surface area contributed by atoms with E-state index in [1.54, 1.807) is 28.6 Å². The van der Waals surface area contributed by atoms with Crippen molar-refractivity contribution in [3.05, 3.63) is 40.2 Å². The molecule has 1 saturated carbocycles. The molecule has 2 unspecified atom stereocenters. The lowest BCUT2D eigenvalue weighted by Crippen LogP contribution is -2.34. The standard InChI is InChI=1S/C24H28N8O3S/c1-30(2)15-7-8-31(12-15)23(34)19-6-5-18(36-19)16-10-20(26-14-3-4-14)32-21(27-16)13(11-25-32)9-17-22(33)29-24(35)28-17/h6,9-11,14-15,18,26H,3-5,7-8,12H2,1-2H3,(H2,28,29,33,35)/b17-9-. The molecule has 3 fully saturated rings. The van der Waals surface area contributed by atoms with Crippen molar-refractivity contribution in [2.24, 2.45) is 0 Å². The normalized spacial score (nSPS) is 25.1. The fraction of sp³-hybridized carbons (Fsp3) is 0.458. The molecule has 188 valence electrons. The zero-order valence-electron chi connectivity index (χ0n) is 20.2.